The van der Waals surface area contributed by atoms with E-state index >= 15 is 0 Å². The van der Waals surface area contributed by atoms with Crippen LogP contribution >= 0.6 is 24.0 Å². The first-order valence-electron chi connectivity index (χ1n) is 7.53. The van der Waals surface area contributed by atoms with E-state index in [4.69, 9.17) is 4.74 Å². The van der Waals surface area contributed by atoms with Crippen molar-refractivity contribution >= 4 is 29.9 Å². The monoisotopic (exact) mass is 466 g/mol. The minimum absolute atomic E-state index is 0. The van der Waals surface area contributed by atoms with E-state index in [1.165, 1.54) is 12.4 Å². The maximum absolute atomic E-state index is 13.1. The van der Waals surface area contributed by atoms with Crippen LogP contribution in [-0.4, -0.2) is 40.4 Å². The van der Waals surface area contributed by atoms with Crippen LogP contribution in [0.25, 0.3) is 0 Å². The molecule has 7 nitrogen and oxygen atoms in total. The van der Waals surface area contributed by atoms with E-state index < -0.39 is 11.6 Å². The van der Waals surface area contributed by atoms with Crippen molar-refractivity contribution in [1.29, 1.82) is 0 Å². The molecule has 10 heteroatoms. The fourth-order valence-electron chi connectivity index (χ4n) is 1.86. The standard InChI is InChI=1S/C15H20F2N6O.HI/c1-3-18-15(20-9-14-21-10-22-23(14)2)19-6-7-24-11-4-5-12(16)13(17)8-11;/h4-5,8,10H,3,6-7,9H2,1-2H3,(H2,18,19,20);1H. The van der Waals surface area contributed by atoms with E-state index in [2.05, 4.69) is 25.7 Å². The second-order valence-electron chi connectivity index (χ2n) is 4.85. The zero-order valence-electron chi connectivity index (χ0n) is 14.0. The minimum Gasteiger partial charge on any atom is -0.492 e. The van der Waals surface area contributed by atoms with Crippen LogP contribution in [0.2, 0.25) is 0 Å². The molecule has 0 aliphatic rings. The summed E-state index contributed by atoms with van der Waals surface area (Å²) in [6.45, 7) is 3.77. The summed E-state index contributed by atoms with van der Waals surface area (Å²) >= 11 is 0. The van der Waals surface area contributed by atoms with Gasteiger partial charge in [-0.1, -0.05) is 0 Å². The van der Waals surface area contributed by atoms with Gasteiger partial charge in [0.05, 0.1) is 6.54 Å². The predicted octanol–water partition coefficient (Wildman–Crippen LogP) is 1.85. The van der Waals surface area contributed by atoms with Gasteiger partial charge in [0.25, 0.3) is 0 Å². The fourth-order valence-corrected chi connectivity index (χ4v) is 1.86. The molecule has 0 amide bonds. The van der Waals surface area contributed by atoms with Crippen molar-refractivity contribution < 1.29 is 13.5 Å². The van der Waals surface area contributed by atoms with Crippen LogP contribution < -0.4 is 15.4 Å². The summed E-state index contributed by atoms with van der Waals surface area (Å²) < 4.78 is 32.9. The van der Waals surface area contributed by atoms with Crippen LogP contribution in [0.15, 0.2) is 29.5 Å². The zero-order chi connectivity index (χ0) is 17.4. The van der Waals surface area contributed by atoms with E-state index in [0.717, 1.165) is 18.0 Å². The molecule has 138 valence electrons. The highest BCUT2D eigenvalue weighted by atomic mass is 127. The molecule has 0 unspecified atom stereocenters. The number of nitrogens with zero attached hydrogens (tertiary/aromatic N) is 4. The van der Waals surface area contributed by atoms with Gasteiger partial charge in [0, 0.05) is 19.7 Å². The Bertz CT molecular complexity index is 694. The molecule has 2 N–H and O–H groups in total. The van der Waals surface area contributed by atoms with Gasteiger partial charge in [0.1, 0.15) is 31.1 Å². The number of benzene rings is 1. The molecule has 1 aromatic carbocycles. The summed E-state index contributed by atoms with van der Waals surface area (Å²) in [4.78, 5) is 8.49. The van der Waals surface area contributed by atoms with Crippen molar-refractivity contribution in [3.05, 3.63) is 42.0 Å². The lowest BCUT2D eigenvalue weighted by Gasteiger charge is -2.12. The third kappa shape index (κ3) is 6.80. The Hall–Kier alpha value is -1.98. The SMILES string of the molecule is CCNC(=NCc1ncnn1C)NCCOc1ccc(F)c(F)c1.I. The lowest BCUT2D eigenvalue weighted by molar-refractivity contribution is 0.318. The number of rotatable bonds is 7. The Morgan fingerprint density at radius 1 is 1.28 bits per heavy atom. The summed E-state index contributed by atoms with van der Waals surface area (Å²) in [7, 11) is 1.80. The van der Waals surface area contributed by atoms with E-state index in [-0.39, 0.29) is 36.3 Å². The van der Waals surface area contributed by atoms with Gasteiger partial charge in [-0.15, -0.1) is 24.0 Å². The molecule has 0 radical (unpaired) electrons. The Morgan fingerprint density at radius 3 is 2.72 bits per heavy atom. The zero-order valence-corrected chi connectivity index (χ0v) is 16.3. The molecule has 0 bridgehead atoms. The average molecular weight is 466 g/mol. The molecule has 0 saturated heterocycles. The number of halogens is 3. The number of hydrogen-bond donors (Lipinski definition) is 2. The van der Waals surface area contributed by atoms with Crippen molar-refractivity contribution in [2.75, 3.05) is 19.7 Å². The van der Waals surface area contributed by atoms with Crippen molar-refractivity contribution in [3.63, 3.8) is 0 Å². The van der Waals surface area contributed by atoms with Crippen molar-refractivity contribution in [1.82, 2.24) is 25.4 Å². The Balaban J connectivity index is 0.00000312. The van der Waals surface area contributed by atoms with E-state index in [1.807, 2.05) is 6.92 Å². The first kappa shape index (κ1) is 21.1. The van der Waals surface area contributed by atoms with Gasteiger partial charge < -0.3 is 15.4 Å². The number of guanidine groups is 1. The average Bonchev–Trinajstić information content (AvgIpc) is 2.97. The maximum atomic E-state index is 13.1. The summed E-state index contributed by atoms with van der Waals surface area (Å²) in [6.07, 6.45) is 1.47. The molecule has 25 heavy (non-hydrogen) atoms. The second-order valence-corrected chi connectivity index (χ2v) is 4.85. The molecule has 0 atom stereocenters. The number of aryl methyl sites for hydroxylation is 1. The first-order chi connectivity index (χ1) is 11.6. The highest BCUT2D eigenvalue weighted by Crippen LogP contribution is 2.14. The Labute approximate surface area is 161 Å². The van der Waals surface area contributed by atoms with Gasteiger partial charge in [-0.3, -0.25) is 4.68 Å². The molecular formula is C15H21F2IN6O. The molecule has 0 spiro atoms. The van der Waals surface area contributed by atoms with Crippen molar-refractivity contribution in [3.8, 4) is 5.75 Å². The number of nitrogens with one attached hydrogen (secondary N) is 2. The van der Waals surface area contributed by atoms with Gasteiger partial charge in [-0.25, -0.2) is 18.8 Å². The molecular weight excluding hydrogens is 445 g/mol. The Morgan fingerprint density at radius 2 is 2.08 bits per heavy atom. The predicted molar refractivity (Wildman–Crippen MR) is 101 cm³/mol. The first-order valence-corrected chi connectivity index (χ1v) is 7.53. The summed E-state index contributed by atoms with van der Waals surface area (Å²) in [5, 5.41) is 10.2. The van der Waals surface area contributed by atoms with Gasteiger partial charge in [-0.05, 0) is 19.1 Å². The number of ether oxygens (including phenoxy) is 1. The van der Waals surface area contributed by atoms with Gasteiger partial charge >= 0.3 is 0 Å². The summed E-state index contributed by atoms with van der Waals surface area (Å²) in [5.41, 5.74) is 0. The summed E-state index contributed by atoms with van der Waals surface area (Å²) in [6, 6.07) is 3.43. The van der Waals surface area contributed by atoms with E-state index in [1.54, 1.807) is 11.7 Å². The van der Waals surface area contributed by atoms with Gasteiger partial charge in [0.15, 0.2) is 17.6 Å². The highest BCUT2D eigenvalue weighted by Gasteiger charge is 2.04. The lowest BCUT2D eigenvalue weighted by atomic mass is 10.3. The number of aliphatic imine (C=N–C) groups is 1. The number of aromatic nitrogens is 3. The minimum atomic E-state index is -0.931. The molecule has 1 aromatic heterocycles. The fraction of sp³-hybridized carbons (Fsp3) is 0.400. The number of hydrogen-bond acceptors (Lipinski definition) is 4. The highest BCUT2D eigenvalue weighted by molar-refractivity contribution is 14.0. The van der Waals surface area contributed by atoms with Crippen LogP contribution in [-0.2, 0) is 13.6 Å². The molecule has 2 aromatic rings. The van der Waals surface area contributed by atoms with Crippen molar-refractivity contribution in [2.45, 2.75) is 13.5 Å². The van der Waals surface area contributed by atoms with Gasteiger partial charge in [0.2, 0.25) is 0 Å². The molecule has 2 rings (SSSR count). The van der Waals surface area contributed by atoms with Crippen LogP contribution in [0.1, 0.15) is 12.7 Å². The van der Waals surface area contributed by atoms with Gasteiger partial charge in [-0.2, -0.15) is 5.10 Å². The Kier molecular flexibility index (Phi) is 9.10. The maximum Gasteiger partial charge on any atom is 0.191 e. The normalized spacial score (nSPS) is 11.0. The molecule has 0 saturated carbocycles. The van der Waals surface area contributed by atoms with Crippen molar-refractivity contribution in [2.24, 2.45) is 12.0 Å². The third-order valence-corrected chi connectivity index (χ3v) is 3.08. The van der Waals surface area contributed by atoms with E-state index in [9.17, 15) is 8.78 Å². The largest absolute Gasteiger partial charge is 0.492 e. The van der Waals surface area contributed by atoms with E-state index in [0.29, 0.717) is 25.6 Å². The molecule has 0 aliphatic heterocycles. The molecule has 0 aliphatic carbocycles. The van der Waals surface area contributed by atoms with Crippen LogP contribution in [0.4, 0.5) is 8.78 Å². The lowest BCUT2D eigenvalue weighted by Crippen LogP contribution is -2.39. The van der Waals surface area contributed by atoms with Crippen LogP contribution in [0.5, 0.6) is 5.75 Å². The smallest absolute Gasteiger partial charge is 0.191 e. The van der Waals surface area contributed by atoms with Crippen LogP contribution in [0.3, 0.4) is 0 Å². The van der Waals surface area contributed by atoms with Crippen LogP contribution in [0, 0.1) is 11.6 Å². The topological polar surface area (TPSA) is 76.4 Å². The summed E-state index contributed by atoms with van der Waals surface area (Å²) in [5.74, 6) is -0.207. The third-order valence-electron chi connectivity index (χ3n) is 3.08. The second kappa shape index (κ2) is 10.8. The quantitative estimate of drug-likeness (QED) is 0.282. The molecule has 0 fully saturated rings. The molecule has 1 heterocycles.